The topological polar surface area (TPSA) is 9.72 Å². The zero-order chi connectivity index (χ0) is 12.7. The first-order valence-corrected chi connectivity index (χ1v) is 10.1. The predicted molar refractivity (Wildman–Crippen MR) is 72.1 cm³/mol. The molecule has 0 bridgehead atoms. The van der Waals surface area contributed by atoms with Crippen LogP contribution in [0.1, 0.15) is 48.5 Å². The molecule has 1 radical (unpaired) electrons. The summed E-state index contributed by atoms with van der Waals surface area (Å²) in [6.07, 6.45) is 0. The summed E-state index contributed by atoms with van der Waals surface area (Å²) in [5.41, 5.74) is 0.667. The van der Waals surface area contributed by atoms with Gasteiger partial charge in [-0.1, -0.05) is 0 Å². The molecule has 0 amide bonds. The van der Waals surface area contributed by atoms with Gasteiger partial charge in [-0.3, -0.25) is 0 Å². The van der Waals surface area contributed by atoms with Crippen LogP contribution in [0, 0.1) is 0 Å². The Morgan fingerprint density at radius 3 is 1.62 bits per heavy atom. The molecule has 0 N–H and O–H groups in total. The van der Waals surface area contributed by atoms with Crippen LogP contribution in [0.3, 0.4) is 0 Å². The third kappa shape index (κ3) is 2.92. The molecule has 1 fully saturated rings. The summed E-state index contributed by atoms with van der Waals surface area (Å²) >= 11 is -1.71. The van der Waals surface area contributed by atoms with E-state index >= 15 is 0 Å². The molecule has 1 saturated heterocycles. The van der Waals surface area contributed by atoms with E-state index in [1.54, 1.807) is 0 Å². The van der Waals surface area contributed by atoms with Crippen LogP contribution in [0.25, 0.3) is 0 Å². The summed E-state index contributed by atoms with van der Waals surface area (Å²) in [4.78, 5) is 0. The van der Waals surface area contributed by atoms with Crippen molar-refractivity contribution in [3.63, 3.8) is 0 Å². The van der Waals surface area contributed by atoms with Gasteiger partial charge in [0.25, 0.3) is 0 Å². The van der Waals surface area contributed by atoms with Gasteiger partial charge in [0.15, 0.2) is 0 Å². The molecule has 1 aliphatic rings. The van der Waals surface area contributed by atoms with Crippen LogP contribution in [0.2, 0.25) is 0 Å². The van der Waals surface area contributed by atoms with Crippen molar-refractivity contribution in [1.82, 2.24) is 9.36 Å². The number of nitrogens with zero attached hydrogens (tertiary/aromatic N) is 3. The Morgan fingerprint density at radius 2 is 1.38 bits per heavy atom. The van der Waals surface area contributed by atoms with E-state index in [-0.39, 0.29) is 0 Å². The molecule has 95 valence electrons. The van der Waals surface area contributed by atoms with Crippen LogP contribution in [0.5, 0.6) is 0 Å². The first kappa shape index (κ1) is 14.7. The molecule has 0 atom stereocenters. The summed E-state index contributed by atoms with van der Waals surface area (Å²) in [7, 11) is 2.30. The molecule has 4 heteroatoms. The zero-order valence-electron chi connectivity index (χ0n) is 12.3. The summed E-state index contributed by atoms with van der Waals surface area (Å²) < 4.78 is 8.12. The first-order chi connectivity index (χ1) is 7.09. The van der Waals surface area contributed by atoms with Crippen molar-refractivity contribution in [1.29, 1.82) is 0 Å². The van der Waals surface area contributed by atoms with Crippen LogP contribution < -0.4 is 0 Å². The van der Waals surface area contributed by atoms with E-state index in [0.717, 1.165) is 6.67 Å². The Balaban J connectivity index is 2.82. The second-order valence-electron chi connectivity index (χ2n) is 6.65. The minimum absolute atomic E-state index is 0.333. The Morgan fingerprint density at radius 1 is 1.00 bits per heavy atom. The Hall–Kier alpha value is 0.679. The van der Waals surface area contributed by atoms with E-state index in [0.29, 0.717) is 11.1 Å². The first-order valence-electron chi connectivity index (χ1n) is 6.22. The maximum absolute atomic E-state index is 2.75. The molecular formula is C12H28N3Sn. The fourth-order valence-electron chi connectivity index (χ4n) is 1.91. The van der Waals surface area contributed by atoms with E-state index in [1.807, 2.05) is 0 Å². The molecule has 1 rings (SSSR count). The van der Waals surface area contributed by atoms with Gasteiger partial charge in [-0.05, 0) is 0 Å². The number of hydrogen-bond donors (Lipinski definition) is 0. The van der Waals surface area contributed by atoms with Crippen molar-refractivity contribution < 1.29 is 0 Å². The Bertz CT molecular complexity index is 222. The van der Waals surface area contributed by atoms with Gasteiger partial charge in [0.05, 0.1) is 0 Å². The van der Waals surface area contributed by atoms with Crippen molar-refractivity contribution in [2.75, 3.05) is 20.3 Å². The summed E-state index contributed by atoms with van der Waals surface area (Å²) in [6.45, 7) is 18.7. The Kier molecular flexibility index (Phi) is 4.37. The molecule has 0 saturated carbocycles. The van der Waals surface area contributed by atoms with Gasteiger partial charge in [-0.15, -0.1) is 0 Å². The average Bonchev–Trinajstić information content (AvgIpc) is 1.95. The van der Waals surface area contributed by atoms with Gasteiger partial charge >= 0.3 is 110 Å². The molecular weight excluding hydrogens is 305 g/mol. The maximum atomic E-state index is 2.75. The molecule has 0 unspecified atom stereocenters. The van der Waals surface area contributed by atoms with E-state index in [9.17, 15) is 0 Å². The van der Waals surface area contributed by atoms with E-state index in [2.05, 4.69) is 64.9 Å². The zero-order valence-corrected chi connectivity index (χ0v) is 15.1. The fraction of sp³-hybridized carbons (Fsp3) is 1.00. The molecule has 0 aromatic rings. The van der Waals surface area contributed by atoms with Gasteiger partial charge in [0.2, 0.25) is 0 Å². The van der Waals surface area contributed by atoms with Crippen LogP contribution in [0.4, 0.5) is 0 Å². The normalized spacial score (nSPS) is 21.6. The van der Waals surface area contributed by atoms with Crippen molar-refractivity contribution in [3.8, 4) is 0 Å². The second-order valence-corrected chi connectivity index (χ2v) is 13.6. The van der Waals surface area contributed by atoms with Gasteiger partial charge in [-0.2, -0.15) is 0 Å². The fourth-order valence-corrected chi connectivity index (χ4v) is 10.2. The monoisotopic (exact) mass is 334 g/mol. The molecule has 16 heavy (non-hydrogen) atoms. The molecule has 0 aromatic heterocycles. The van der Waals surface area contributed by atoms with Gasteiger partial charge in [-0.25, -0.2) is 0 Å². The van der Waals surface area contributed by atoms with E-state index in [4.69, 9.17) is 0 Å². The van der Waals surface area contributed by atoms with Crippen LogP contribution in [-0.2, 0) is 0 Å². The van der Waals surface area contributed by atoms with Crippen molar-refractivity contribution in [2.24, 2.45) is 0 Å². The van der Waals surface area contributed by atoms with Crippen LogP contribution in [0.15, 0.2) is 0 Å². The van der Waals surface area contributed by atoms with Crippen molar-refractivity contribution in [3.05, 3.63) is 0 Å². The number of rotatable bonds is 2. The summed E-state index contributed by atoms with van der Waals surface area (Å²) in [5, 5.41) is 0. The van der Waals surface area contributed by atoms with E-state index in [1.165, 1.54) is 6.54 Å². The van der Waals surface area contributed by atoms with Crippen molar-refractivity contribution in [2.45, 2.75) is 59.5 Å². The average molecular weight is 333 g/mol. The van der Waals surface area contributed by atoms with Gasteiger partial charge in [0.1, 0.15) is 0 Å². The molecule has 0 aliphatic carbocycles. The molecule has 0 aromatic carbocycles. The van der Waals surface area contributed by atoms with Crippen molar-refractivity contribution >= 4 is 20.6 Å². The summed E-state index contributed by atoms with van der Waals surface area (Å²) in [5.74, 6) is 0. The second kappa shape index (κ2) is 4.75. The quantitative estimate of drug-likeness (QED) is 0.717. The standard InChI is InChI=1S/C9H20N2.C3H8N.Sn/c1-8(2,3)10-7-11-9(4,5)6;1-3-4-2;/h7H2,1-6H3;3H2,1-2H3;/q-2;-1;+3. The third-order valence-electron chi connectivity index (χ3n) is 3.20. The summed E-state index contributed by atoms with van der Waals surface area (Å²) in [6, 6.07) is 0. The minimum atomic E-state index is -1.71. The molecule has 0 spiro atoms. The number of hydrogen-bond acceptors (Lipinski definition) is 3. The van der Waals surface area contributed by atoms with E-state index < -0.39 is 20.6 Å². The third-order valence-corrected chi connectivity index (χ3v) is 13.4. The van der Waals surface area contributed by atoms with Gasteiger partial charge in [0, 0.05) is 0 Å². The molecule has 1 aliphatic heterocycles. The SMILES string of the molecule is CC[N](C)[Sn]1[N](C(C)(C)C)C[N]1C(C)(C)C. The predicted octanol–water partition coefficient (Wildman–Crippen LogP) is 2.10. The Labute approximate surface area is 110 Å². The van der Waals surface area contributed by atoms with Crippen LogP contribution >= 0.6 is 0 Å². The van der Waals surface area contributed by atoms with Crippen LogP contribution in [-0.4, -0.2) is 61.3 Å². The molecule has 1 heterocycles. The molecule has 3 nitrogen and oxygen atoms in total. The van der Waals surface area contributed by atoms with Gasteiger partial charge < -0.3 is 0 Å².